The highest BCUT2D eigenvalue weighted by Gasteiger charge is 2.42. The Balaban J connectivity index is 1.57. The first kappa shape index (κ1) is 34.6. The van der Waals surface area contributed by atoms with Gasteiger partial charge in [0.2, 0.25) is 11.6 Å². The lowest BCUT2D eigenvalue weighted by atomic mass is 9.76. The molecule has 0 heterocycles. The zero-order chi connectivity index (χ0) is 37.7. The summed E-state index contributed by atoms with van der Waals surface area (Å²) in [5, 5.41) is -8.62. The fraction of sp³-hybridized carbons (Fsp3) is 0. The first-order valence-electron chi connectivity index (χ1n) is 14.1. The summed E-state index contributed by atoms with van der Waals surface area (Å²) < 4.78 is 235. The van der Waals surface area contributed by atoms with Crippen LogP contribution in [-0.4, -0.2) is 7.12 Å². The molecule has 7 aromatic carbocycles. The summed E-state index contributed by atoms with van der Waals surface area (Å²) in [6.45, 7) is 0. The summed E-state index contributed by atoms with van der Waals surface area (Å²) in [6.07, 6.45) is 0. The van der Waals surface area contributed by atoms with Gasteiger partial charge >= 0.3 is 7.12 Å². The van der Waals surface area contributed by atoms with Crippen LogP contribution in [0.2, 0.25) is 0 Å². The predicted octanol–water partition coefficient (Wildman–Crippen LogP) is 10.2. The molecule has 0 aliphatic carbocycles. The zero-order valence-corrected chi connectivity index (χ0v) is 24.7. The van der Waals surface area contributed by atoms with Crippen molar-refractivity contribution in [1.29, 1.82) is 0 Å². The molecule has 0 fully saturated rings. The predicted molar refractivity (Wildman–Crippen MR) is 155 cm³/mol. The quantitative estimate of drug-likeness (QED) is 0.0575. The van der Waals surface area contributed by atoms with Crippen molar-refractivity contribution < 1.29 is 75.2 Å². The van der Waals surface area contributed by atoms with Crippen molar-refractivity contribution in [2.24, 2.45) is 0 Å². The van der Waals surface area contributed by atoms with Gasteiger partial charge in [-0.3, -0.25) is 0 Å². The van der Waals surface area contributed by atoms with Gasteiger partial charge in [-0.15, -0.1) is 0 Å². The van der Waals surface area contributed by atoms with Crippen LogP contribution in [0, 0.1) is 87.3 Å². The Morgan fingerprint density at radius 3 is 1.08 bits per heavy atom. The van der Waals surface area contributed by atoms with E-state index in [0.29, 0.717) is 24.3 Å². The third-order valence-corrected chi connectivity index (χ3v) is 8.13. The van der Waals surface area contributed by atoms with Gasteiger partial charge in [0.15, 0.2) is 52.4 Å². The van der Waals surface area contributed by atoms with E-state index in [2.05, 4.69) is 0 Å². The summed E-state index contributed by atoms with van der Waals surface area (Å²) in [5.41, 5.74) is -2.29. The van der Waals surface area contributed by atoms with E-state index < -0.39 is 154 Å². The SMILES string of the molecule is Fc1c(F)c(F)c(B(Oc2c(F)c(F)c(F)c3c(F)c4c(F)cccc4cc23)Oc2c(F)c(F)c(F)c3c(F)c4c(F)cccc4cc23)c(F)c1F. The van der Waals surface area contributed by atoms with E-state index in [1.807, 2.05) is 0 Å². The Hall–Kier alpha value is -5.81. The Kier molecular flexibility index (Phi) is 8.10. The number of hydrogen-bond acceptors (Lipinski definition) is 2. The highest BCUT2D eigenvalue weighted by atomic mass is 19.2. The van der Waals surface area contributed by atoms with Crippen molar-refractivity contribution in [2.45, 2.75) is 0 Å². The molecule has 0 aliphatic heterocycles. The summed E-state index contributed by atoms with van der Waals surface area (Å²) in [6, 6.07) is 6.38. The number of rotatable bonds is 5. The minimum atomic E-state index is -3.53. The minimum absolute atomic E-state index is 0.513. The average molecular weight is 744 g/mol. The van der Waals surface area contributed by atoms with E-state index in [-0.39, 0.29) is 0 Å². The largest absolute Gasteiger partial charge is 0.639 e. The van der Waals surface area contributed by atoms with Gasteiger partial charge in [0.05, 0.1) is 27.0 Å². The van der Waals surface area contributed by atoms with Gasteiger partial charge in [0, 0.05) is 10.8 Å². The normalized spacial score (nSPS) is 11.8. The maximum Gasteiger partial charge on any atom is 0.639 e. The smallest absolute Gasteiger partial charge is 0.519 e. The lowest BCUT2D eigenvalue weighted by molar-refractivity contribution is 0.363. The van der Waals surface area contributed by atoms with Crippen molar-refractivity contribution in [1.82, 2.24) is 0 Å². The maximum atomic E-state index is 15.6. The molecule has 0 saturated heterocycles. The number of benzene rings is 7. The molecule has 2 nitrogen and oxygen atoms in total. The van der Waals surface area contributed by atoms with Crippen molar-refractivity contribution in [2.75, 3.05) is 0 Å². The van der Waals surface area contributed by atoms with E-state index in [1.165, 1.54) is 0 Å². The molecule has 0 bridgehead atoms. The Labute approximate surface area is 278 Å². The lowest BCUT2D eigenvalue weighted by Gasteiger charge is -2.22. The van der Waals surface area contributed by atoms with Crippen LogP contribution in [-0.2, 0) is 0 Å². The summed E-state index contributed by atoms with van der Waals surface area (Å²) in [5.74, 6) is -38.9. The lowest BCUT2D eigenvalue weighted by Crippen LogP contribution is -2.48. The van der Waals surface area contributed by atoms with Crippen LogP contribution in [0.5, 0.6) is 11.5 Å². The monoisotopic (exact) mass is 744 g/mol. The van der Waals surface area contributed by atoms with Crippen molar-refractivity contribution in [3.63, 3.8) is 0 Å². The van der Waals surface area contributed by atoms with Crippen LogP contribution >= 0.6 is 0 Å². The van der Waals surface area contributed by atoms with Crippen molar-refractivity contribution in [3.05, 3.63) is 136 Å². The molecule has 0 aliphatic rings. The Morgan fingerprint density at radius 1 is 0.346 bits per heavy atom. The molecular weight excluding hydrogens is 736 g/mol. The molecular formula is C34H8BF15O2. The van der Waals surface area contributed by atoms with Crippen LogP contribution in [0.1, 0.15) is 0 Å². The van der Waals surface area contributed by atoms with E-state index in [1.54, 1.807) is 0 Å². The topological polar surface area (TPSA) is 18.5 Å². The summed E-state index contributed by atoms with van der Waals surface area (Å²) >= 11 is 0. The molecule has 7 rings (SSSR count). The highest BCUT2D eigenvalue weighted by molar-refractivity contribution is 6.63. The molecule has 0 unspecified atom stereocenters. The van der Waals surface area contributed by atoms with Gasteiger partial charge in [-0.05, 0) is 35.0 Å². The molecule has 0 spiro atoms. The van der Waals surface area contributed by atoms with Crippen molar-refractivity contribution in [3.8, 4) is 11.5 Å². The van der Waals surface area contributed by atoms with Crippen LogP contribution in [0.15, 0.2) is 48.5 Å². The van der Waals surface area contributed by atoms with E-state index in [0.717, 1.165) is 24.3 Å². The summed E-state index contributed by atoms with van der Waals surface area (Å²) in [4.78, 5) is 0. The van der Waals surface area contributed by atoms with Gasteiger partial charge in [-0.2, -0.15) is 8.78 Å². The molecule has 264 valence electrons. The van der Waals surface area contributed by atoms with Gasteiger partial charge < -0.3 is 9.31 Å². The van der Waals surface area contributed by atoms with Crippen LogP contribution in [0.4, 0.5) is 65.9 Å². The summed E-state index contributed by atoms with van der Waals surface area (Å²) in [7, 11) is -3.53. The second-order valence-corrected chi connectivity index (χ2v) is 11.0. The fourth-order valence-corrected chi connectivity index (χ4v) is 5.78. The molecule has 0 N–H and O–H groups in total. The van der Waals surface area contributed by atoms with Crippen molar-refractivity contribution >= 4 is 55.7 Å². The van der Waals surface area contributed by atoms with E-state index >= 15 is 35.1 Å². The molecule has 0 radical (unpaired) electrons. The molecule has 7 aromatic rings. The van der Waals surface area contributed by atoms with Crippen LogP contribution < -0.4 is 14.8 Å². The van der Waals surface area contributed by atoms with Gasteiger partial charge in [0.25, 0.3) is 0 Å². The molecule has 0 amide bonds. The molecule has 0 atom stereocenters. The zero-order valence-electron chi connectivity index (χ0n) is 24.7. The first-order chi connectivity index (χ1) is 24.6. The van der Waals surface area contributed by atoms with Crippen LogP contribution in [0.3, 0.4) is 0 Å². The molecule has 52 heavy (non-hydrogen) atoms. The average Bonchev–Trinajstić information content (AvgIpc) is 3.11. The van der Waals surface area contributed by atoms with Crippen LogP contribution in [0.25, 0.3) is 43.1 Å². The molecule has 0 saturated carbocycles. The van der Waals surface area contributed by atoms with Gasteiger partial charge in [-0.1, -0.05) is 24.3 Å². The first-order valence-corrected chi connectivity index (χ1v) is 14.1. The minimum Gasteiger partial charge on any atom is -0.519 e. The Morgan fingerprint density at radius 2 is 0.692 bits per heavy atom. The number of fused-ring (bicyclic) bond motifs is 4. The maximum absolute atomic E-state index is 15.6. The highest BCUT2D eigenvalue weighted by Crippen LogP contribution is 2.42. The second-order valence-electron chi connectivity index (χ2n) is 11.0. The molecule has 0 aromatic heterocycles. The fourth-order valence-electron chi connectivity index (χ4n) is 5.78. The third kappa shape index (κ3) is 4.86. The van der Waals surface area contributed by atoms with E-state index in [4.69, 9.17) is 9.31 Å². The number of hydrogen-bond donors (Lipinski definition) is 0. The molecule has 18 heteroatoms. The number of halogens is 15. The van der Waals surface area contributed by atoms with Gasteiger partial charge in [0.1, 0.15) is 34.8 Å². The second kappa shape index (κ2) is 12.2. The third-order valence-electron chi connectivity index (χ3n) is 8.13. The Bertz CT molecular complexity index is 2540. The standard InChI is InChI=1S/C34H8BF15O2/c36-13-5-1-3-9-7-11-17(20(38)15(9)13)22(40)26(44)31(49)33(11)51-35(19-24(42)28(46)30(48)29(47)25(19)43)52-34-12-8-10-4-2-6-14(37)16(10)21(39)18(12)23(41)27(45)32(34)50/h1-8H. The van der Waals surface area contributed by atoms with E-state index in [9.17, 15) is 30.7 Å². The van der Waals surface area contributed by atoms with Gasteiger partial charge in [-0.25, -0.2) is 57.1 Å².